The van der Waals surface area contributed by atoms with Crippen LogP contribution in [0, 0.1) is 12.7 Å². The highest BCUT2D eigenvalue weighted by Crippen LogP contribution is 2.28. The van der Waals surface area contributed by atoms with Crippen molar-refractivity contribution in [2.75, 3.05) is 0 Å². The highest BCUT2D eigenvalue weighted by atomic mass is 79.9. The molecule has 0 saturated heterocycles. The molecule has 0 saturated carbocycles. The Hall–Kier alpha value is -2.63. The molecule has 0 fully saturated rings. The zero-order valence-electron chi connectivity index (χ0n) is 15.3. The fourth-order valence-corrected chi connectivity index (χ4v) is 3.61. The molecule has 4 rings (SSSR count). The minimum absolute atomic E-state index is 0.0980. The van der Waals surface area contributed by atoms with Gasteiger partial charge in [-0.15, -0.1) is 0 Å². The van der Waals surface area contributed by atoms with E-state index in [4.69, 9.17) is 20.8 Å². The summed E-state index contributed by atoms with van der Waals surface area (Å²) in [5.41, 5.74) is 2.34. The van der Waals surface area contributed by atoms with Gasteiger partial charge in [0.2, 0.25) is 5.43 Å². The lowest BCUT2D eigenvalue weighted by Gasteiger charge is -2.10. The van der Waals surface area contributed by atoms with Crippen molar-refractivity contribution in [2.45, 2.75) is 13.5 Å². The lowest BCUT2D eigenvalue weighted by atomic mass is 10.0. The molecule has 29 heavy (non-hydrogen) atoms. The number of aryl methyl sites for hydroxylation is 1. The number of benzene rings is 3. The molecule has 1 heterocycles. The third kappa shape index (κ3) is 4.07. The first kappa shape index (κ1) is 19.7. The Morgan fingerprint density at radius 1 is 1.07 bits per heavy atom. The molecular formula is C23H15BrClFO3. The van der Waals surface area contributed by atoms with E-state index in [2.05, 4.69) is 15.9 Å². The van der Waals surface area contributed by atoms with E-state index in [9.17, 15) is 9.18 Å². The van der Waals surface area contributed by atoms with Crippen molar-refractivity contribution in [1.82, 2.24) is 0 Å². The van der Waals surface area contributed by atoms with E-state index >= 15 is 0 Å². The van der Waals surface area contributed by atoms with Gasteiger partial charge in [0.1, 0.15) is 29.5 Å². The molecular weight excluding hydrogens is 459 g/mol. The molecule has 3 aromatic carbocycles. The first-order chi connectivity index (χ1) is 13.9. The monoisotopic (exact) mass is 472 g/mol. The second kappa shape index (κ2) is 8.01. The van der Waals surface area contributed by atoms with Gasteiger partial charge in [-0.25, -0.2) is 4.39 Å². The fraction of sp³-hybridized carbons (Fsp3) is 0.0870. The van der Waals surface area contributed by atoms with Crippen LogP contribution in [-0.2, 0) is 6.61 Å². The highest BCUT2D eigenvalue weighted by Gasteiger charge is 2.14. The standard InChI is InChI=1S/C23H15BrClFO3/c1-13-22(14-2-5-16(24)6-3-14)23(27)19-9-8-18(11-21(19)29-13)28-12-15-4-7-17(26)10-20(15)25/h2-11H,12H2,1H3. The zero-order chi connectivity index (χ0) is 20.5. The van der Waals surface area contributed by atoms with Crippen molar-refractivity contribution in [3.05, 3.63) is 97.5 Å². The summed E-state index contributed by atoms with van der Waals surface area (Å²) in [6, 6.07) is 16.7. The van der Waals surface area contributed by atoms with Gasteiger partial charge in [-0.2, -0.15) is 0 Å². The number of hydrogen-bond acceptors (Lipinski definition) is 3. The molecule has 0 spiro atoms. The summed E-state index contributed by atoms with van der Waals surface area (Å²) >= 11 is 9.43. The van der Waals surface area contributed by atoms with Crippen LogP contribution in [0.2, 0.25) is 5.02 Å². The van der Waals surface area contributed by atoms with Crippen molar-refractivity contribution in [3.8, 4) is 16.9 Å². The summed E-state index contributed by atoms with van der Waals surface area (Å²) in [5, 5.41) is 0.771. The molecule has 0 aliphatic carbocycles. The minimum Gasteiger partial charge on any atom is -0.489 e. The molecule has 6 heteroatoms. The minimum atomic E-state index is -0.400. The Morgan fingerprint density at radius 3 is 2.55 bits per heavy atom. The van der Waals surface area contributed by atoms with Crippen molar-refractivity contribution in [1.29, 1.82) is 0 Å². The van der Waals surface area contributed by atoms with Crippen LogP contribution >= 0.6 is 27.5 Å². The SMILES string of the molecule is Cc1oc2cc(OCc3ccc(F)cc3Cl)ccc2c(=O)c1-c1ccc(Br)cc1. The van der Waals surface area contributed by atoms with Gasteiger partial charge in [-0.3, -0.25) is 4.79 Å². The van der Waals surface area contributed by atoms with Crippen molar-refractivity contribution >= 4 is 38.5 Å². The number of fused-ring (bicyclic) bond motifs is 1. The summed E-state index contributed by atoms with van der Waals surface area (Å²) in [6.07, 6.45) is 0. The van der Waals surface area contributed by atoms with E-state index < -0.39 is 5.82 Å². The molecule has 0 N–H and O–H groups in total. The van der Waals surface area contributed by atoms with Crippen molar-refractivity contribution < 1.29 is 13.5 Å². The molecule has 0 atom stereocenters. The topological polar surface area (TPSA) is 39.4 Å². The number of rotatable bonds is 4. The molecule has 0 bridgehead atoms. The van der Waals surface area contributed by atoms with Crippen LogP contribution in [0.4, 0.5) is 4.39 Å². The predicted octanol–water partition coefficient (Wildman–Crippen LogP) is 6.90. The maximum absolute atomic E-state index is 13.2. The maximum Gasteiger partial charge on any atom is 0.200 e. The Morgan fingerprint density at radius 2 is 1.83 bits per heavy atom. The first-order valence-electron chi connectivity index (χ1n) is 8.82. The van der Waals surface area contributed by atoms with Gasteiger partial charge >= 0.3 is 0 Å². The van der Waals surface area contributed by atoms with Gasteiger partial charge in [0.15, 0.2) is 0 Å². The average Bonchev–Trinajstić information content (AvgIpc) is 2.68. The molecule has 0 aliphatic rings. The highest BCUT2D eigenvalue weighted by molar-refractivity contribution is 9.10. The van der Waals surface area contributed by atoms with Crippen LogP contribution in [0.15, 0.2) is 74.3 Å². The largest absolute Gasteiger partial charge is 0.489 e. The number of ether oxygens (including phenoxy) is 1. The average molecular weight is 474 g/mol. The van der Waals surface area contributed by atoms with Crippen LogP contribution in [0.1, 0.15) is 11.3 Å². The first-order valence-corrected chi connectivity index (χ1v) is 9.99. The van der Waals surface area contributed by atoms with E-state index in [0.717, 1.165) is 10.0 Å². The van der Waals surface area contributed by atoms with Crippen molar-refractivity contribution in [2.24, 2.45) is 0 Å². The third-order valence-corrected chi connectivity index (χ3v) is 5.46. The van der Waals surface area contributed by atoms with E-state index in [-0.39, 0.29) is 12.0 Å². The Labute approximate surface area is 179 Å². The second-order valence-corrected chi connectivity index (χ2v) is 7.87. The van der Waals surface area contributed by atoms with Crippen LogP contribution in [-0.4, -0.2) is 0 Å². The lowest BCUT2D eigenvalue weighted by Crippen LogP contribution is -2.07. The van der Waals surface area contributed by atoms with Gasteiger partial charge in [0.05, 0.1) is 16.0 Å². The number of hydrogen-bond donors (Lipinski definition) is 0. The van der Waals surface area contributed by atoms with E-state index in [0.29, 0.717) is 38.6 Å². The Bertz CT molecular complexity index is 1270. The molecule has 0 unspecified atom stereocenters. The van der Waals surface area contributed by atoms with Gasteiger partial charge in [0, 0.05) is 16.1 Å². The Kier molecular flexibility index (Phi) is 5.43. The van der Waals surface area contributed by atoms with Gasteiger partial charge in [-0.05, 0) is 48.9 Å². The van der Waals surface area contributed by atoms with Crippen LogP contribution in [0.3, 0.4) is 0 Å². The van der Waals surface area contributed by atoms with Crippen molar-refractivity contribution in [3.63, 3.8) is 0 Å². The van der Waals surface area contributed by atoms with E-state index in [1.165, 1.54) is 12.1 Å². The van der Waals surface area contributed by atoms with E-state index in [1.807, 2.05) is 24.3 Å². The molecule has 0 aliphatic heterocycles. The normalized spacial score (nSPS) is 11.0. The quantitative estimate of drug-likeness (QED) is 0.323. The predicted molar refractivity (Wildman–Crippen MR) is 116 cm³/mol. The third-order valence-electron chi connectivity index (χ3n) is 4.58. The zero-order valence-corrected chi connectivity index (χ0v) is 17.7. The lowest BCUT2D eigenvalue weighted by molar-refractivity contribution is 0.306. The van der Waals surface area contributed by atoms with Gasteiger partial charge in [0.25, 0.3) is 0 Å². The van der Waals surface area contributed by atoms with E-state index in [1.54, 1.807) is 31.2 Å². The molecule has 3 nitrogen and oxygen atoms in total. The summed E-state index contributed by atoms with van der Waals surface area (Å²) in [4.78, 5) is 13.0. The van der Waals surface area contributed by atoms with Gasteiger partial charge in [-0.1, -0.05) is 45.7 Å². The summed E-state index contributed by atoms with van der Waals surface area (Å²) < 4.78 is 25.8. The molecule has 0 radical (unpaired) electrons. The van der Waals surface area contributed by atoms with Crippen LogP contribution in [0.5, 0.6) is 5.75 Å². The molecule has 146 valence electrons. The fourth-order valence-electron chi connectivity index (χ4n) is 3.13. The molecule has 4 aromatic rings. The van der Waals surface area contributed by atoms with Crippen LogP contribution < -0.4 is 10.2 Å². The summed E-state index contributed by atoms with van der Waals surface area (Å²) in [6.45, 7) is 1.94. The maximum atomic E-state index is 13.2. The van der Waals surface area contributed by atoms with Gasteiger partial charge < -0.3 is 9.15 Å². The second-order valence-electron chi connectivity index (χ2n) is 6.55. The Balaban J connectivity index is 1.67. The number of halogens is 3. The summed E-state index contributed by atoms with van der Waals surface area (Å²) in [5.74, 6) is 0.656. The van der Waals surface area contributed by atoms with Crippen LogP contribution in [0.25, 0.3) is 22.1 Å². The summed E-state index contributed by atoms with van der Waals surface area (Å²) in [7, 11) is 0. The smallest absolute Gasteiger partial charge is 0.200 e. The molecule has 1 aromatic heterocycles. The molecule has 0 amide bonds.